The number of carbonyl (C=O) groups excluding carboxylic acids is 2. The fourth-order valence-electron chi connectivity index (χ4n) is 3.51. The summed E-state index contributed by atoms with van der Waals surface area (Å²) in [5.41, 5.74) is 2.53. The Hall–Kier alpha value is -2.66. The number of fused-ring (bicyclic) bond motifs is 1. The van der Waals surface area contributed by atoms with Gasteiger partial charge in [0, 0.05) is 5.69 Å². The lowest BCUT2D eigenvalue weighted by Gasteiger charge is -2.35. The molecule has 5 nitrogen and oxygen atoms in total. The van der Waals surface area contributed by atoms with Crippen molar-refractivity contribution in [2.24, 2.45) is 0 Å². The maximum absolute atomic E-state index is 12.3. The van der Waals surface area contributed by atoms with E-state index in [0.717, 1.165) is 31.9 Å². The summed E-state index contributed by atoms with van der Waals surface area (Å²) in [5, 5.41) is 0. The molecule has 5 heteroatoms. The van der Waals surface area contributed by atoms with Crippen LogP contribution in [0.4, 0.5) is 11.4 Å². The van der Waals surface area contributed by atoms with Crippen LogP contribution in [0.15, 0.2) is 54.6 Å². The van der Waals surface area contributed by atoms with Crippen LogP contribution in [0, 0.1) is 0 Å². The molecule has 2 aliphatic heterocycles. The molecule has 1 N–H and O–H groups in total. The Bertz CT molecular complexity index is 767. The van der Waals surface area contributed by atoms with Gasteiger partial charge in [-0.15, -0.1) is 0 Å². The Balaban J connectivity index is 1.43. The second-order valence-corrected chi connectivity index (χ2v) is 6.31. The zero-order chi connectivity index (χ0) is 16.5. The third-order valence-corrected chi connectivity index (χ3v) is 4.85. The normalized spacial score (nSPS) is 18.2. The Kier molecular flexibility index (Phi) is 3.78. The fraction of sp³-hybridized carbons (Fsp3) is 0.263. The van der Waals surface area contributed by atoms with E-state index in [2.05, 4.69) is 29.2 Å². The van der Waals surface area contributed by atoms with E-state index < -0.39 is 5.91 Å². The van der Waals surface area contributed by atoms with Crippen LogP contribution in [0.3, 0.4) is 0 Å². The predicted molar refractivity (Wildman–Crippen MR) is 92.5 cm³/mol. The van der Waals surface area contributed by atoms with Gasteiger partial charge in [0.25, 0.3) is 5.78 Å². The molecule has 4 rings (SSSR count). The van der Waals surface area contributed by atoms with Crippen LogP contribution >= 0.6 is 0 Å². The molecule has 0 aliphatic carbocycles. The number of ketones is 1. The van der Waals surface area contributed by atoms with Crippen molar-refractivity contribution in [2.75, 3.05) is 42.6 Å². The number of quaternary nitrogens is 1. The second-order valence-electron chi connectivity index (χ2n) is 6.31. The van der Waals surface area contributed by atoms with Crippen molar-refractivity contribution in [3.05, 3.63) is 60.2 Å². The molecule has 0 spiro atoms. The van der Waals surface area contributed by atoms with E-state index in [0.29, 0.717) is 12.2 Å². The summed E-state index contributed by atoms with van der Waals surface area (Å²) in [6, 6.07) is 17.7. The van der Waals surface area contributed by atoms with Crippen LogP contribution in [0.1, 0.15) is 10.4 Å². The van der Waals surface area contributed by atoms with Gasteiger partial charge in [-0.25, -0.2) is 0 Å². The number of hydrogen-bond donors (Lipinski definition) is 1. The maximum atomic E-state index is 12.3. The average Bonchev–Trinajstić information content (AvgIpc) is 2.88. The molecular weight excluding hydrogens is 302 g/mol. The number of rotatable bonds is 3. The van der Waals surface area contributed by atoms with Crippen molar-refractivity contribution in [1.29, 1.82) is 0 Å². The molecule has 2 aliphatic rings. The van der Waals surface area contributed by atoms with Gasteiger partial charge in [0.15, 0.2) is 6.67 Å². The van der Waals surface area contributed by atoms with Gasteiger partial charge in [-0.3, -0.25) is 14.5 Å². The van der Waals surface area contributed by atoms with E-state index in [9.17, 15) is 9.59 Å². The van der Waals surface area contributed by atoms with Crippen molar-refractivity contribution >= 4 is 23.1 Å². The van der Waals surface area contributed by atoms with Crippen LogP contribution in [-0.2, 0) is 4.79 Å². The van der Waals surface area contributed by atoms with Crippen LogP contribution in [-0.4, -0.2) is 44.5 Å². The minimum Gasteiger partial charge on any atom is -0.360 e. The lowest BCUT2D eigenvalue weighted by Crippen LogP contribution is -3.16. The monoisotopic (exact) mass is 322 g/mol. The van der Waals surface area contributed by atoms with E-state index in [1.807, 2.05) is 18.2 Å². The first-order chi connectivity index (χ1) is 11.7. The Morgan fingerprint density at radius 2 is 1.54 bits per heavy atom. The van der Waals surface area contributed by atoms with Crippen molar-refractivity contribution in [3.63, 3.8) is 0 Å². The van der Waals surface area contributed by atoms with Gasteiger partial charge in [-0.2, -0.15) is 0 Å². The molecule has 2 aromatic carbocycles. The van der Waals surface area contributed by atoms with Crippen LogP contribution < -0.4 is 14.7 Å². The molecule has 1 fully saturated rings. The number of para-hydroxylation sites is 2. The average molecular weight is 322 g/mol. The minimum absolute atomic E-state index is 0.382. The highest BCUT2D eigenvalue weighted by molar-refractivity contribution is 6.52. The standard InChI is InChI=1S/C19H19N3O2/c23-18-16-8-4-5-9-17(16)22(19(18)24)14-20-10-12-21(13-11-20)15-6-2-1-3-7-15/h1-9H,10-14H2/p+1. The fourth-order valence-corrected chi connectivity index (χ4v) is 3.51. The zero-order valence-electron chi connectivity index (χ0n) is 13.4. The summed E-state index contributed by atoms with van der Waals surface area (Å²) in [6.45, 7) is 4.38. The lowest BCUT2D eigenvalue weighted by molar-refractivity contribution is -0.899. The Morgan fingerprint density at radius 1 is 0.875 bits per heavy atom. The van der Waals surface area contributed by atoms with Crippen LogP contribution in [0.25, 0.3) is 0 Å². The van der Waals surface area contributed by atoms with Gasteiger partial charge in [-0.05, 0) is 24.3 Å². The summed E-state index contributed by atoms with van der Waals surface area (Å²) in [5.74, 6) is -0.776. The highest BCUT2D eigenvalue weighted by atomic mass is 16.2. The minimum atomic E-state index is -0.394. The molecule has 0 saturated carbocycles. The third-order valence-electron chi connectivity index (χ3n) is 4.85. The van der Waals surface area contributed by atoms with Gasteiger partial charge >= 0.3 is 5.91 Å². The molecule has 2 aromatic rings. The Labute approximate surface area is 141 Å². The first-order valence-electron chi connectivity index (χ1n) is 8.33. The van der Waals surface area contributed by atoms with Crippen molar-refractivity contribution in [1.82, 2.24) is 0 Å². The summed E-state index contributed by atoms with van der Waals surface area (Å²) >= 11 is 0. The van der Waals surface area contributed by atoms with E-state index in [-0.39, 0.29) is 5.78 Å². The molecule has 0 unspecified atom stereocenters. The predicted octanol–water partition coefficient (Wildman–Crippen LogP) is 0.579. The van der Waals surface area contributed by atoms with E-state index in [1.165, 1.54) is 10.6 Å². The second kappa shape index (κ2) is 6.09. The van der Waals surface area contributed by atoms with E-state index >= 15 is 0 Å². The highest BCUT2D eigenvalue weighted by Gasteiger charge is 2.38. The topological polar surface area (TPSA) is 45.1 Å². The number of nitrogens with one attached hydrogen (secondary N) is 1. The molecular formula is C19H20N3O2+. The number of carbonyl (C=O) groups is 2. The first-order valence-corrected chi connectivity index (χ1v) is 8.33. The van der Waals surface area contributed by atoms with Crippen LogP contribution in [0.2, 0.25) is 0 Å². The van der Waals surface area contributed by atoms with E-state index in [1.54, 1.807) is 17.0 Å². The molecule has 1 saturated heterocycles. The summed E-state index contributed by atoms with van der Waals surface area (Å²) in [4.78, 5) is 29.7. The molecule has 0 aromatic heterocycles. The van der Waals surface area contributed by atoms with Gasteiger partial charge in [0.2, 0.25) is 0 Å². The third kappa shape index (κ3) is 2.57. The molecule has 1 amide bonds. The van der Waals surface area contributed by atoms with Crippen molar-refractivity contribution < 1.29 is 14.5 Å². The molecule has 0 bridgehead atoms. The number of piperazine rings is 1. The summed E-state index contributed by atoms with van der Waals surface area (Å²) in [6.07, 6.45) is 0. The molecule has 0 atom stereocenters. The summed E-state index contributed by atoms with van der Waals surface area (Å²) in [7, 11) is 0. The van der Waals surface area contributed by atoms with Gasteiger partial charge in [0.05, 0.1) is 37.4 Å². The van der Waals surface area contributed by atoms with Gasteiger partial charge in [-0.1, -0.05) is 30.3 Å². The molecule has 122 valence electrons. The Morgan fingerprint density at radius 3 is 2.29 bits per heavy atom. The molecule has 2 heterocycles. The first kappa shape index (κ1) is 14.9. The van der Waals surface area contributed by atoms with Gasteiger partial charge in [0.1, 0.15) is 0 Å². The number of hydrogen-bond acceptors (Lipinski definition) is 3. The van der Waals surface area contributed by atoms with Crippen molar-refractivity contribution in [3.8, 4) is 0 Å². The number of nitrogens with zero attached hydrogens (tertiary/aromatic N) is 2. The van der Waals surface area contributed by atoms with E-state index in [4.69, 9.17) is 0 Å². The maximum Gasteiger partial charge on any atom is 0.303 e. The van der Waals surface area contributed by atoms with Crippen molar-refractivity contribution in [2.45, 2.75) is 0 Å². The number of benzene rings is 2. The van der Waals surface area contributed by atoms with Gasteiger partial charge < -0.3 is 9.80 Å². The highest BCUT2D eigenvalue weighted by Crippen LogP contribution is 2.27. The smallest absolute Gasteiger partial charge is 0.303 e. The lowest BCUT2D eigenvalue weighted by atomic mass is 10.1. The summed E-state index contributed by atoms with van der Waals surface area (Å²) < 4.78 is 0. The van der Waals surface area contributed by atoms with Crippen LogP contribution in [0.5, 0.6) is 0 Å². The number of anilines is 2. The number of Topliss-reactive ketones (excluding diaryl/α,β-unsaturated/α-hetero) is 1. The quantitative estimate of drug-likeness (QED) is 0.841. The molecule has 24 heavy (non-hydrogen) atoms. The number of amides is 1. The zero-order valence-corrected chi connectivity index (χ0v) is 13.4. The molecule has 0 radical (unpaired) electrons. The largest absolute Gasteiger partial charge is 0.360 e. The SMILES string of the molecule is O=C1C(=O)N(C[NH+]2CCN(c3ccccc3)CC2)c2ccccc21.